The Balaban J connectivity index is 1.83. The third-order valence-corrected chi connectivity index (χ3v) is 7.05. The first-order chi connectivity index (χ1) is 15.0. The molecule has 4 nitrogen and oxygen atoms in total. The number of likely N-dealkylation sites (tertiary alicyclic amines) is 1. The number of amides is 1. The van der Waals surface area contributed by atoms with Gasteiger partial charge in [0.2, 0.25) is 0 Å². The van der Waals surface area contributed by atoms with Gasteiger partial charge in [-0.2, -0.15) is 5.10 Å². The molecule has 31 heavy (non-hydrogen) atoms. The molecule has 0 radical (unpaired) electrons. The molecule has 162 valence electrons. The fourth-order valence-electron chi connectivity index (χ4n) is 3.82. The van der Waals surface area contributed by atoms with Gasteiger partial charge in [0, 0.05) is 28.6 Å². The number of hydrogen-bond donors (Lipinski definition) is 0. The van der Waals surface area contributed by atoms with Crippen LogP contribution in [0.2, 0.25) is 10.0 Å². The van der Waals surface area contributed by atoms with Crippen molar-refractivity contribution in [3.8, 4) is 16.3 Å². The second-order valence-corrected chi connectivity index (χ2v) is 9.68. The van der Waals surface area contributed by atoms with Crippen molar-refractivity contribution in [3.05, 3.63) is 62.6 Å². The minimum Gasteiger partial charge on any atom is -0.337 e. The van der Waals surface area contributed by atoms with Gasteiger partial charge < -0.3 is 4.90 Å². The Labute approximate surface area is 197 Å². The van der Waals surface area contributed by atoms with Crippen molar-refractivity contribution >= 4 is 46.5 Å². The fraction of sp³-hybridized carbons (Fsp3) is 0.333. The molecule has 2 aromatic heterocycles. The molecule has 7 heteroatoms. The van der Waals surface area contributed by atoms with Gasteiger partial charge in [-0.1, -0.05) is 42.6 Å². The third-order valence-electron chi connectivity index (χ3n) is 5.45. The van der Waals surface area contributed by atoms with Crippen LogP contribution in [0.1, 0.15) is 53.5 Å². The quantitative estimate of drug-likeness (QED) is 0.377. The molecule has 0 bridgehead atoms. The van der Waals surface area contributed by atoms with Gasteiger partial charge in [-0.15, -0.1) is 11.3 Å². The maximum Gasteiger partial charge on any atom is 0.274 e. The van der Waals surface area contributed by atoms with E-state index in [0.717, 1.165) is 54.9 Å². The van der Waals surface area contributed by atoms with Crippen LogP contribution < -0.4 is 0 Å². The first kappa shape index (κ1) is 22.1. The zero-order valence-corrected chi connectivity index (χ0v) is 20.0. The van der Waals surface area contributed by atoms with E-state index in [4.69, 9.17) is 28.3 Å². The number of thiophene rings is 1. The SMILES string of the molecule is CCC/C=C/c1ccc(-c2c(C)c(C(=O)N3CCCC3)nn2-c2ccc(Cl)cc2Cl)s1. The maximum atomic E-state index is 13.2. The normalized spacial score (nSPS) is 14.1. The predicted octanol–water partition coefficient (Wildman–Crippen LogP) is 7.27. The van der Waals surface area contributed by atoms with Crippen LogP contribution in [0.4, 0.5) is 0 Å². The van der Waals surface area contributed by atoms with Crippen molar-refractivity contribution in [3.63, 3.8) is 0 Å². The second-order valence-electron chi connectivity index (χ2n) is 7.72. The Hall–Kier alpha value is -2.08. The van der Waals surface area contributed by atoms with Crippen molar-refractivity contribution in [2.75, 3.05) is 13.1 Å². The number of benzene rings is 1. The Morgan fingerprint density at radius 2 is 1.97 bits per heavy atom. The number of halogens is 2. The molecular weight excluding hydrogens is 449 g/mol. The van der Waals surface area contributed by atoms with E-state index in [1.54, 1.807) is 28.2 Å². The van der Waals surface area contributed by atoms with Crippen molar-refractivity contribution in [1.82, 2.24) is 14.7 Å². The lowest BCUT2D eigenvalue weighted by atomic mass is 10.1. The summed E-state index contributed by atoms with van der Waals surface area (Å²) in [7, 11) is 0. The molecule has 3 heterocycles. The average Bonchev–Trinajstić information content (AvgIpc) is 3.48. The van der Waals surface area contributed by atoms with E-state index in [0.29, 0.717) is 21.4 Å². The van der Waals surface area contributed by atoms with Gasteiger partial charge in [-0.05, 0) is 62.6 Å². The maximum absolute atomic E-state index is 13.2. The van der Waals surface area contributed by atoms with Crippen LogP contribution in [0.15, 0.2) is 36.4 Å². The van der Waals surface area contributed by atoms with E-state index in [1.807, 2.05) is 17.9 Å². The Morgan fingerprint density at radius 3 is 2.68 bits per heavy atom. The van der Waals surface area contributed by atoms with Crippen LogP contribution in [0.5, 0.6) is 0 Å². The van der Waals surface area contributed by atoms with E-state index < -0.39 is 0 Å². The van der Waals surface area contributed by atoms with E-state index in [9.17, 15) is 4.79 Å². The van der Waals surface area contributed by atoms with Crippen LogP contribution in [0, 0.1) is 6.92 Å². The molecule has 0 unspecified atom stereocenters. The molecule has 0 saturated carbocycles. The molecule has 1 fully saturated rings. The highest BCUT2D eigenvalue weighted by Gasteiger charge is 2.28. The molecule has 1 aliphatic heterocycles. The summed E-state index contributed by atoms with van der Waals surface area (Å²) >= 11 is 14.3. The predicted molar refractivity (Wildman–Crippen MR) is 131 cm³/mol. The molecule has 0 atom stereocenters. The van der Waals surface area contributed by atoms with Crippen LogP contribution in [0.3, 0.4) is 0 Å². The van der Waals surface area contributed by atoms with Gasteiger partial charge in [-0.3, -0.25) is 4.79 Å². The number of carbonyl (C=O) groups excluding carboxylic acids is 1. The summed E-state index contributed by atoms with van der Waals surface area (Å²) in [5, 5.41) is 5.82. The largest absolute Gasteiger partial charge is 0.337 e. The van der Waals surface area contributed by atoms with Crippen LogP contribution in [-0.4, -0.2) is 33.7 Å². The Kier molecular flexibility index (Phi) is 6.85. The zero-order valence-electron chi connectivity index (χ0n) is 17.7. The number of allylic oxidation sites excluding steroid dienone is 1. The zero-order chi connectivity index (χ0) is 22.0. The third kappa shape index (κ3) is 4.59. The van der Waals surface area contributed by atoms with E-state index in [1.165, 1.54) is 4.88 Å². The van der Waals surface area contributed by atoms with Crippen molar-refractivity contribution in [2.45, 2.75) is 39.5 Å². The molecule has 0 aliphatic carbocycles. The molecule has 1 aromatic carbocycles. The smallest absolute Gasteiger partial charge is 0.274 e. The highest BCUT2D eigenvalue weighted by molar-refractivity contribution is 7.16. The van der Waals surface area contributed by atoms with Crippen molar-refractivity contribution in [2.24, 2.45) is 0 Å². The number of rotatable bonds is 6. The molecule has 0 spiro atoms. The monoisotopic (exact) mass is 473 g/mol. The van der Waals surface area contributed by atoms with Crippen LogP contribution in [-0.2, 0) is 0 Å². The second kappa shape index (κ2) is 9.60. The van der Waals surface area contributed by atoms with Gasteiger partial charge in [0.25, 0.3) is 5.91 Å². The minimum atomic E-state index is -0.0142. The van der Waals surface area contributed by atoms with Crippen LogP contribution in [0.25, 0.3) is 22.3 Å². The Bertz CT molecular complexity index is 1130. The summed E-state index contributed by atoms with van der Waals surface area (Å²) in [4.78, 5) is 17.3. The molecule has 1 aliphatic rings. The van der Waals surface area contributed by atoms with Gasteiger partial charge in [-0.25, -0.2) is 4.68 Å². The summed E-state index contributed by atoms with van der Waals surface area (Å²) in [6.07, 6.45) is 8.60. The van der Waals surface area contributed by atoms with Gasteiger partial charge in [0.15, 0.2) is 5.69 Å². The summed E-state index contributed by atoms with van der Waals surface area (Å²) in [6.45, 7) is 5.71. The molecule has 1 amide bonds. The average molecular weight is 474 g/mol. The first-order valence-electron chi connectivity index (χ1n) is 10.6. The number of carbonyl (C=O) groups is 1. The highest BCUT2D eigenvalue weighted by atomic mass is 35.5. The number of nitrogens with zero attached hydrogens (tertiary/aromatic N) is 3. The van der Waals surface area contributed by atoms with E-state index in [-0.39, 0.29) is 5.91 Å². The van der Waals surface area contributed by atoms with Gasteiger partial charge >= 0.3 is 0 Å². The van der Waals surface area contributed by atoms with Crippen molar-refractivity contribution in [1.29, 1.82) is 0 Å². The Morgan fingerprint density at radius 1 is 1.19 bits per heavy atom. The van der Waals surface area contributed by atoms with Crippen LogP contribution >= 0.6 is 34.5 Å². The summed E-state index contributed by atoms with van der Waals surface area (Å²) in [6, 6.07) is 9.53. The molecule has 3 aromatic rings. The number of unbranched alkanes of at least 4 members (excludes halogenated alkanes) is 1. The summed E-state index contributed by atoms with van der Waals surface area (Å²) in [5.74, 6) is -0.0142. The van der Waals surface area contributed by atoms with Gasteiger partial charge in [0.05, 0.1) is 21.3 Å². The lowest BCUT2D eigenvalue weighted by Gasteiger charge is -2.13. The molecule has 1 saturated heterocycles. The van der Waals surface area contributed by atoms with Gasteiger partial charge in [0.1, 0.15) is 0 Å². The number of hydrogen-bond acceptors (Lipinski definition) is 3. The standard InChI is InChI=1S/C24H25Cl2N3OS/c1-3-4-5-8-18-10-12-21(31-18)23-16(2)22(24(30)28-13-6-7-14-28)27-29(23)20-11-9-17(25)15-19(20)26/h5,8-12,15H,3-4,6-7,13-14H2,1-2H3/b8-5+. The summed E-state index contributed by atoms with van der Waals surface area (Å²) in [5.41, 5.74) is 2.96. The number of aromatic nitrogens is 2. The molecule has 0 N–H and O–H groups in total. The fourth-order valence-corrected chi connectivity index (χ4v) is 5.34. The highest BCUT2D eigenvalue weighted by Crippen LogP contribution is 2.37. The van der Waals surface area contributed by atoms with Crippen molar-refractivity contribution < 1.29 is 4.79 Å². The van der Waals surface area contributed by atoms with E-state index >= 15 is 0 Å². The molecular formula is C24H25Cl2N3OS. The van der Waals surface area contributed by atoms with E-state index in [2.05, 4.69) is 31.2 Å². The summed E-state index contributed by atoms with van der Waals surface area (Å²) < 4.78 is 1.79. The topological polar surface area (TPSA) is 38.1 Å². The minimum absolute atomic E-state index is 0.0142. The lowest BCUT2D eigenvalue weighted by Crippen LogP contribution is -2.28. The lowest BCUT2D eigenvalue weighted by molar-refractivity contribution is 0.0786. The molecule has 4 rings (SSSR count). The first-order valence-corrected chi connectivity index (χ1v) is 12.2.